The molecule has 76 valence electrons. The van der Waals surface area contributed by atoms with Gasteiger partial charge in [-0.2, -0.15) is 0 Å². The summed E-state index contributed by atoms with van der Waals surface area (Å²) < 4.78 is 0. The van der Waals surface area contributed by atoms with Crippen LogP contribution in [0.25, 0.3) is 0 Å². The lowest BCUT2D eigenvalue weighted by atomic mass is 10.1. The lowest BCUT2D eigenvalue weighted by Crippen LogP contribution is -2.35. The molecule has 0 aliphatic rings. The highest BCUT2D eigenvalue weighted by Gasteiger charge is 2.04. The number of hydrogen-bond acceptors (Lipinski definition) is 3. The van der Waals surface area contributed by atoms with Gasteiger partial charge < -0.3 is 0 Å². The summed E-state index contributed by atoms with van der Waals surface area (Å²) in [5.74, 6) is 5.40. The molecule has 1 rings (SSSR count). The number of aryl methyl sites for hydroxylation is 1. The predicted octanol–water partition coefficient (Wildman–Crippen LogP) is 1.42. The van der Waals surface area contributed by atoms with Crippen LogP contribution >= 0.6 is 0 Å². The molecule has 1 heterocycles. The van der Waals surface area contributed by atoms with Crippen molar-refractivity contribution in [2.75, 3.05) is 0 Å². The lowest BCUT2D eigenvalue weighted by Gasteiger charge is -2.12. The molecule has 0 spiro atoms. The topological polar surface area (TPSA) is 50.9 Å². The Morgan fingerprint density at radius 1 is 1.57 bits per heavy atom. The van der Waals surface area contributed by atoms with Crippen LogP contribution in [0.1, 0.15) is 18.5 Å². The van der Waals surface area contributed by atoms with E-state index >= 15 is 0 Å². The third-order valence-electron chi connectivity index (χ3n) is 2.16. The van der Waals surface area contributed by atoms with Crippen molar-refractivity contribution in [1.29, 1.82) is 0 Å². The minimum atomic E-state index is 0.300. The molecule has 3 heteroatoms. The van der Waals surface area contributed by atoms with Crippen molar-refractivity contribution >= 4 is 0 Å². The van der Waals surface area contributed by atoms with Crippen LogP contribution in [-0.4, -0.2) is 11.0 Å². The minimum absolute atomic E-state index is 0.300. The van der Waals surface area contributed by atoms with Gasteiger partial charge in [-0.1, -0.05) is 12.1 Å². The van der Waals surface area contributed by atoms with Gasteiger partial charge in [0.2, 0.25) is 0 Å². The molecular formula is C11H17N3. The van der Waals surface area contributed by atoms with Crippen molar-refractivity contribution < 1.29 is 0 Å². The van der Waals surface area contributed by atoms with Crippen molar-refractivity contribution in [1.82, 2.24) is 10.4 Å². The minimum Gasteiger partial charge on any atom is -0.271 e. The highest BCUT2D eigenvalue weighted by molar-refractivity contribution is 5.03. The van der Waals surface area contributed by atoms with Crippen molar-refractivity contribution in [3.05, 3.63) is 42.7 Å². The molecule has 0 amide bonds. The van der Waals surface area contributed by atoms with E-state index in [1.165, 1.54) is 0 Å². The second kappa shape index (κ2) is 6.29. The van der Waals surface area contributed by atoms with Gasteiger partial charge in [0, 0.05) is 17.9 Å². The van der Waals surface area contributed by atoms with Crippen molar-refractivity contribution in [2.24, 2.45) is 5.84 Å². The maximum Gasteiger partial charge on any atom is 0.0404 e. The fraction of sp³-hybridized carbons (Fsp3) is 0.364. The van der Waals surface area contributed by atoms with Gasteiger partial charge in [0.25, 0.3) is 0 Å². The first-order valence-electron chi connectivity index (χ1n) is 4.83. The standard InChI is InChI=1S/C11H17N3/c1-2-5-11(14-12)8-7-10-6-3-4-9-13-10/h2-4,6,9,11,14H,1,5,7-8,12H2. The Morgan fingerprint density at radius 3 is 3.00 bits per heavy atom. The summed E-state index contributed by atoms with van der Waals surface area (Å²) in [6.07, 6.45) is 6.52. The Kier molecular flexibility index (Phi) is 4.89. The third kappa shape index (κ3) is 3.68. The van der Waals surface area contributed by atoms with Crippen LogP contribution in [0.15, 0.2) is 37.1 Å². The predicted molar refractivity (Wildman–Crippen MR) is 58.5 cm³/mol. The molecule has 3 nitrogen and oxygen atoms in total. The number of nitrogens with zero attached hydrogens (tertiary/aromatic N) is 1. The van der Waals surface area contributed by atoms with Gasteiger partial charge in [0.15, 0.2) is 0 Å². The van der Waals surface area contributed by atoms with E-state index in [2.05, 4.69) is 17.0 Å². The van der Waals surface area contributed by atoms with E-state index < -0.39 is 0 Å². The molecule has 1 aromatic heterocycles. The molecule has 14 heavy (non-hydrogen) atoms. The summed E-state index contributed by atoms with van der Waals surface area (Å²) >= 11 is 0. The average molecular weight is 191 g/mol. The van der Waals surface area contributed by atoms with E-state index in [1.54, 1.807) is 0 Å². The van der Waals surface area contributed by atoms with Crippen LogP contribution in [0.5, 0.6) is 0 Å². The van der Waals surface area contributed by atoms with Crippen LogP contribution in [0.4, 0.5) is 0 Å². The van der Waals surface area contributed by atoms with Crippen LogP contribution in [0.2, 0.25) is 0 Å². The number of pyridine rings is 1. The van der Waals surface area contributed by atoms with Crippen LogP contribution < -0.4 is 11.3 Å². The molecule has 1 atom stereocenters. The van der Waals surface area contributed by atoms with Gasteiger partial charge in [-0.15, -0.1) is 6.58 Å². The van der Waals surface area contributed by atoms with E-state index in [-0.39, 0.29) is 0 Å². The average Bonchev–Trinajstić information content (AvgIpc) is 2.25. The maximum absolute atomic E-state index is 5.40. The monoisotopic (exact) mass is 191 g/mol. The Balaban J connectivity index is 2.35. The fourth-order valence-corrected chi connectivity index (χ4v) is 1.34. The summed E-state index contributed by atoms with van der Waals surface area (Å²) in [7, 11) is 0. The van der Waals surface area contributed by atoms with E-state index in [1.807, 2.05) is 30.5 Å². The molecular weight excluding hydrogens is 174 g/mol. The third-order valence-corrected chi connectivity index (χ3v) is 2.16. The first kappa shape index (κ1) is 10.9. The van der Waals surface area contributed by atoms with Gasteiger partial charge in [0.05, 0.1) is 0 Å². The number of nitrogens with two attached hydrogens (primary N) is 1. The summed E-state index contributed by atoms with van der Waals surface area (Å²) in [5, 5.41) is 0. The number of aromatic nitrogens is 1. The molecule has 0 radical (unpaired) electrons. The van der Waals surface area contributed by atoms with Crippen LogP contribution in [0, 0.1) is 0 Å². The van der Waals surface area contributed by atoms with E-state index in [4.69, 9.17) is 5.84 Å². The summed E-state index contributed by atoms with van der Waals surface area (Å²) in [5.41, 5.74) is 3.88. The van der Waals surface area contributed by atoms with Crippen molar-refractivity contribution in [2.45, 2.75) is 25.3 Å². The second-order valence-corrected chi connectivity index (χ2v) is 3.25. The second-order valence-electron chi connectivity index (χ2n) is 3.25. The Bertz CT molecular complexity index is 258. The SMILES string of the molecule is C=CCC(CCc1ccccn1)NN. The highest BCUT2D eigenvalue weighted by Crippen LogP contribution is 2.04. The zero-order valence-electron chi connectivity index (χ0n) is 8.32. The van der Waals surface area contributed by atoms with E-state index in [0.29, 0.717) is 6.04 Å². The first-order chi connectivity index (χ1) is 6.86. The number of nitrogens with one attached hydrogen (secondary N) is 1. The molecule has 0 bridgehead atoms. The summed E-state index contributed by atoms with van der Waals surface area (Å²) in [6.45, 7) is 3.69. The van der Waals surface area contributed by atoms with Crippen molar-refractivity contribution in [3.63, 3.8) is 0 Å². The lowest BCUT2D eigenvalue weighted by molar-refractivity contribution is 0.496. The van der Waals surface area contributed by atoms with Gasteiger partial charge in [-0.25, -0.2) is 0 Å². The Labute approximate surface area is 85.0 Å². The fourth-order valence-electron chi connectivity index (χ4n) is 1.34. The first-order valence-corrected chi connectivity index (χ1v) is 4.83. The zero-order chi connectivity index (χ0) is 10.2. The highest BCUT2D eigenvalue weighted by atomic mass is 15.2. The molecule has 3 N–H and O–H groups in total. The molecule has 0 aliphatic heterocycles. The van der Waals surface area contributed by atoms with Crippen molar-refractivity contribution in [3.8, 4) is 0 Å². The largest absolute Gasteiger partial charge is 0.271 e. The molecule has 1 aromatic rings. The number of hydrazine groups is 1. The van der Waals surface area contributed by atoms with Gasteiger partial charge in [-0.3, -0.25) is 16.3 Å². The quantitative estimate of drug-likeness (QED) is 0.406. The maximum atomic E-state index is 5.40. The smallest absolute Gasteiger partial charge is 0.0404 e. The normalized spacial score (nSPS) is 12.4. The molecule has 0 saturated heterocycles. The number of hydrogen-bond donors (Lipinski definition) is 2. The summed E-state index contributed by atoms with van der Waals surface area (Å²) in [4.78, 5) is 4.25. The molecule has 1 unspecified atom stereocenters. The molecule has 0 aromatic carbocycles. The molecule has 0 fully saturated rings. The Hall–Kier alpha value is -1.19. The van der Waals surface area contributed by atoms with Gasteiger partial charge in [-0.05, 0) is 31.4 Å². The number of rotatable bonds is 6. The van der Waals surface area contributed by atoms with Gasteiger partial charge in [0.1, 0.15) is 0 Å². The molecule has 0 saturated carbocycles. The summed E-state index contributed by atoms with van der Waals surface area (Å²) in [6, 6.07) is 6.25. The molecule has 0 aliphatic carbocycles. The van der Waals surface area contributed by atoms with E-state index in [0.717, 1.165) is 25.0 Å². The van der Waals surface area contributed by atoms with Crippen LogP contribution in [-0.2, 0) is 6.42 Å². The Morgan fingerprint density at radius 2 is 2.43 bits per heavy atom. The van der Waals surface area contributed by atoms with Crippen LogP contribution in [0.3, 0.4) is 0 Å². The van der Waals surface area contributed by atoms with E-state index in [9.17, 15) is 0 Å². The van der Waals surface area contributed by atoms with Gasteiger partial charge >= 0.3 is 0 Å². The zero-order valence-corrected chi connectivity index (χ0v) is 8.32.